The molecule has 18 heavy (non-hydrogen) atoms. The minimum Gasteiger partial charge on any atom is -0.383 e. The first-order chi connectivity index (χ1) is 8.56. The summed E-state index contributed by atoms with van der Waals surface area (Å²) in [6.45, 7) is 1.93. The van der Waals surface area contributed by atoms with E-state index < -0.39 is 0 Å². The normalized spacial score (nSPS) is 14.3. The molecular formula is C11H14N4OS2. The highest BCUT2D eigenvalue weighted by Crippen LogP contribution is 2.36. The lowest BCUT2D eigenvalue weighted by atomic mass is 10.1. The Hall–Kier alpha value is -1.31. The molecule has 2 heterocycles. The first-order valence-electron chi connectivity index (χ1n) is 5.37. The van der Waals surface area contributed by atoms with Crippen LogP contribution in [0.1, 0.15) is 17.7 Å². The number of anilines is 1. The van der Waals surface area contributed by atoms with Crippen LogP contribution in [0.3, 0.4) is 0 Å². The number of nitrogens with zero attached hydrogens (tertiary/aromatic N) is 1. The molecule has 0 radical (unpaired) electrons. The predicted octanol–water partition coefficient (Wildman–Crippen LogP) is 1.59. The van der Waals surface area contributed by atoms with Gasteiger partial charge in [0.2, 0.25) is 0 Å². The van der Waals surface area contributed by atoms with Gasteiger partial charge in [-0.25, -0.2) is 4.98 Å². The van der Waals surface area contributed by atoms with Gasteiger partial charge < -0.3 is 16.5 Å². The van der Waals surface area contributed by atoms with E-state index in [9.17, 15) is 4.79 Å². The number of nitrogens with one attached hydrogen (secondary N) is 1. The van der Waals surface area contributed by atoms with E-state index in [4.69, 9.17) is 11.5 Å². The maximum absolute atomic E-state index is 11.3. The van der Waals surface area contributed by atoms with E-state index >= 15 is 0 Å². The number of aromatic nitrogens is 2. The van der Waals surface area contributed by atoms with Gasteiger partial charge in [-0.15, -0.1) is 0 Å². The van der Waals surface area contributed by atoms with Crippen molar-refractivity contribution >= 4 is 28.9 Å². The quantitative estimate of drug-likeness (QED) is 0.584. The topological polar surface area (TPSA) is 97.8 Å². The van der Waals surface area contributed by atoms with Crippen LogP contribution in [-0.4, -0.2) is 16.0 Å². The molecule has 0 spiro atoms. The Bertz CT molecular complexity index is 565. The molecular weight excluding hydrogens is 268 g/mol. The van der Waals surface area contributed by atoms with Crippen molar-refractivity contribution in [2.45, 2.75) is 23.4 Å². The second-order valence-corrected chi connectivity index (χ2v) is 5.84. The van der Waals surface area contributed by atoms with Gasteiger partial charge in [-0.1, -0.05) is 11.8 Å². The van der Waals surface area contributed by atoms with E-state index in [0.717, 1.165) is 5.56 Å². The van der Waals surface area contributed by atoms with Gasteiger partial charge in [0.25, 0.3) is 5.56 Å². The lowest BCUT2D eigenvalue weighted by Gasteiger charge is -2.18. The van der Waals surface area contributed by atoms with E-state index in [-0.39, 0.29) is 22.7 Å². The summed E-state index contributed by atoms with van der Waals surface area (Å²) in [7, 11) is 0. The monoisotopic (exact) mass is 282 g/mol. The van der Waals surface area contributed by atoms with Crippen molar-refractivity contribution in [3.8, 4) is 0 Å². The molecule has 0 aliphatic carbocycles. The number of thioether (sulfide) groups is 1. The summed E-state index contributed by atoms with van der Waals surface area (Å²) in [4.78, 5) is 18.1. The molecule has 2 rings (SSSR count). The van der Waals surface area contributed by atoms with Crippen LogP contribution in [0, 0.1) is 0 Å². The second-order valence-electron chi connectivity index (χ2n) is 3.93. The van der Waals surface area contributed by atoms with Crippen LogP contribution in [0.5, 0.6) is 0 Å². The third-order valence-electron chi connectivity index (χ3n) is 2.33. The van der Waals surface area contributed by atoms with Crippen LogP contribution >= 0.6 is 23.1 Å². The van der Waals surface area contributed by atoms with Gasteiger partial charge in [-0.2, -0.15) is 11.3 Å². The SMILES string of the molecule is CC(N)C(Sc1nc(N)cc(=O)[nH]1)c1ccsc1. The lowest BCUT2D eigenvalue weighted by Crippen LogP contribution is -2.23. The number of hydrogen-bond acceptors (Lipinski definition) is 6. The molecule has 0 aromatic carbocycles. The molecule has 5 N–H and O–H groups in total. The summed E-state index contributed by atoms with van der Waals surface area (Å²) >= 11 is 3.03. The minimum atomic E-state index is -0.251. The molecule has 0 aliphatic rings. The molecule has 0 saturated heterocycles. The van der Waals surface area contributed by atoms with Crippen molar-refractivity contribution in [3.05, 3.63) is 38.8 Å². The maximum Gasteiger partial charge on any atom is 0.253 e. The summed E-state index contributed by atoms with van der Waals surface area (Å²) in [6.07, 6.45) is 0. The van der Waals surface area contributed by atoms with Crippen LogP contribution in [0.4, 0.5) is 5.82 Å². The highest BCUT2D eigenvalue weighted by Gasteiger charge is 2.19. The van der Waals surface area contributed by atoms with Crippen LogP contribution in [0.25, 0.3) is 0 Å². The van der Waals surface area contributed by atoms with E-state index in [1.165, 1.54) is 17.8 Å². The lowest BCUT2D eigenvalue weighted by molar-refractivity contribution is 0.719. The third kappa shape index (κ3) is 3.12. The Balaban J connectivity index is 2.27. The van der Waals surface area contributed by atoms with Gasteiger partial charge in [0, 0.05) is 12.1 Å². The van der Waals surface area contributed by atoms with Gasteiger partial charge in [0.05, 0.1) is 5.25 Å². The number of nitrogens with two attached hydrogens (primary N) is 2. The van der Waals surface area contributed by atoms with Gasteiger partial charge in [0.15, 0.2) is 5.16 Å². The molecule has 5 nitrogen and oxygen atoms in total. The second kappa shape index (κ2) is 5.55. The van der Waals surface area contributed by atoms with Crippen LogP contribution < -0.4 is 17.0 Å². The fraction of sp³-hybridized carbons (Fsp3) is 0.273. The molecule has 2 aromatic heterocycles. The van der Waals surface area contributed by atoms with Crippen molar-refractivity contribution < 1.29 is 0 Å². The van der Waals surface area contributed by atoms with Crippen molar-refractivity contribution in [2.75, 3.05) is 5.73 Å². The Morgan fingerprint density at radius 2 is 2.33 bits per heavy atom. The van der Waals surface area contributed by atoms with Crippen LogP contribution in [-0.2, 0) is 0 Å². The Morgan fingerprint density at radius 3 is 2.89 bits per heavy atom. The Kier molecular flexibility index (Phi) is 4.05. The highest BCUT2D eigenvalue weighted by molar-refractivity contribution is 7.99. The van der Waals surface area contributed by atoms with E-state index in [1.54, 1.807) is 11.3 Å². The third-order valence-corrected chi connectivity index (χ3v) is 4.40. The number of nitrogen functional groups attached to an aromatic ring is 1. The van der Waals surface area contributed by atoms with Crippen molar-refractivity contribution in [1.82, 2.24) is 9.97 Å². The fourth-order valence-electron chi connectivity index (χ4n) is 1.55. The van der Waals surface area contributed by atoms with E-state index in [0.29, 0.717) is 5.16 Å². The average molecular weight is 282 g/mol. The number of rotatable bonds is 4. The standard InChI is InChI=1S/C11H14N4OS2/c1-6(12)10(7-2-3-17-5-7)18-11-14-8(13)4-9(16)15-11/h2-6,10H,12H2,1H3,(H3,13,14,15,16). The summed E-state index contributed by atoms with van der Waals surface area (Å²) < 4.78 is 0. The van der Waals surface area contributed by atoms with Crippen LogP contribution in [0.15, 0.2) is 32.8 Å². The summed E-state index contributed by atoms with van der Waals surface area (Å²) in [5, 5.41) is 4.58. The summed E-state index contributed by atoms with van der Waals surface area (Å²) in [6, 6.07) is 3.22. The Labute approximate surface area is 113 Å². The van der Waals surface area contributed by atoms with Crippen molar-refractivity contribution in [2.24, 2.45) is 5.73 Å². The summed E-state index contributed by atoms with van der Waals surface area (Å²) in [5.74, 6) is 0.218. The van der Waals surface area contributed by atoms with Gasteiger partial charge in [-0.05, 0) is 29.3 Å². The molecule has 0 aliphatic heterocycles. The molecule has 0 amide bonds. The molecule has 7 heteroatoms. The van der Waals surface area contributed by atoms with Crippen LogP contribution in [0.2, 0.25) is 0 Å². The molecule has 0 saturated carbocycles. The van der Waals surface area contributed by atoms with Gasteiger partial charge in [-0.3, -0.25) is 4.79 Å². The van der Waals surface area contributed by atoms with Gasteiger partial charge >= 0.3 is 0 Å². The largest absolute Gasteiger partial charge is 0.383 e. The highest BCUT2D eigenvalue weighted by atomic mass is 32.2. The summed E-state index contributed by atoms with van der Waals surface area (Å²) in [5.41, 5.74) is 12.4. The molecule has 96 valence electrons. The Morgan fingerprint density at radius 1 is 1.56 bits per heavy atom. The average Bonchev–Trinajstić information content (AvgIpc) is 2.77. The number of H-pyrrole nitrogens is 1. The predicted molar refractivity (Wildman–Crippen MR) is 75.8 cm³/mol. The first kappa shape index (κ1) is 13.1. The zero-order valence-electron chi connectivity index (χ0n) is 9.79. The van der Waals surface area contributed by atoms with Gasteiger partial charge in [0.1, 0.15) is 5.82 Å². The van der Waals surface area contributed by atoms with Crippen molar-refractivity contribution in [3.63, 3.8) is 0 Å². The number of hydrogen-bond donors (Lipinski definition) is 3. The molecule has 2 aromatic rings. The number of thiophene rings is 1. The molecule has 2 unspecified atom stereocenters. The minimum absolute atomic E-state index is 0.0428. The van der Waals surface area contributed by atoms with E-state index in [1.807, 2.05) is 23.8 Å². The van der Waals surface area contributed by atoms with E-state index in [2.05, 4.69) is 9.97 Å². The zero-order chi connectivity index (χ0) is 13.1. The van der Waals surface area contributed by atoms with Crippen molar-refractivity contribution in [1.29, 1.82) is 0 Å². The first-order valence-corrected chi connectivity index (χ1v) is 7.19. The smallest absolute Gasteiger partial charge is 0.253 e. The molecule has 0 bridgehead atoms. The maximum atomic E-state index is 11.3. The molecule has 2 atom stereocenters. The number of aromatic amines is 1. The molecule has 0 fully saturated rings. The fourth-order valence-corrected chi connectivity index (χ4v) is 3.38. The zero-order valence-corrected chi connectivity index (χ0v) is 11.4.